The molecule has 12 aromatic rings. The molecule has 0 N–H and O–H groups in total. The summed E-state index contributed by atoms with van der Waals surface area (Å²) in [6.45, 7) is 8.75. The van der Waals surface area contributed by atoms with Gasteiger partial charge in [0.05, 0.1) is 28.8 Å². The number of rotatable bonds is 10. The SMILES string of the molecule is Cc1ccc(N(c2ccc(B3c4ccc(N(c5ccc(C)cc5)C5C=CC=C6c7ccccc7N(c7ccccc7)C65)cc4Oc4cc(-c5ccccc5)cc(C)c43)c(C)c2)c2cccc3c4ccccc4n(-c4ccccc4)c23)cc1. The van der Waals surface area contributed by atoms with Crippen LogP contribution in [0, 0.1) is 27.7 Å². The quantitative estimate of drug-likeness (QED) is 0.127. The third-order valence-electron chi connectivity index (χ3n) is 17.2. The molecule has 15 rings (SSSR count). The van der Waals surface area contributed by atoms with Crippen LogP contribution in [0.3, 0.4) is 0 Å². The minimum absolute atomic E-state index is 0.0121. The summed E-state index contributed by atoms with van der Waals surface area (Å²) in [4.78, 5) is 7.53. The largest absolute Gasteiger partial charge is 0.458 e. The minimum atomic E-state index is -0.126. The van der Waals surface area contributed by atoms with Gasteiger partial charge in [-0.15, -0.1) is 0 Å². The Morgan fingerprint density at radius 2 is 1.10 bits per heavy atom. The molecule has 2 unspecified atom stereocenters. The molecule has 2 aliphatic heterocycles. The van der Waals surface area contributed by atoms with Crippen molar-refractivity contribution in [3.63, 3.8) is 0 Å². The highest BCUT2D eigenvalue weighted by Crippen LogP contribution is 2.50. The van der Waals surface area contributed by atoms with Crippen molar-refractivity contribution in [2.45, 2.75) is 39.8 Å². The van der Waals surface area contributed by atoms with Crippen LogP contribution in [0.15, 0.2) is 273 Å². The molecule has 0 radical (unpaired) electrons. The Balaban J connectivity index is 0.901. The first-order valence-electron chi connectivity index (χ1n) is 28.6. The summed E-state index contributed by atoms with van der Waals surface area (Å²) in [6.07, 6.45) is 6.96. The van der Waals surface area contributed by atoms with Crippen LogP contribution in [0.5, 0.6) is 11.5 Å². The number of hydrogen-bond acceptors (Lipinski definition) is 4. The standard InChI is InChI=1S/C76H59BN4O/c1-50-34-38-58(39-35-50)78(70-32-18-28-64-62-26-14-16-30-68(62)80(75(64)70)56-22-10-6-11-23-56)60-42-44-66(52(3)47-60)77-67-45-43-61(49-72(67)82-73-48-55(46-53(4)74(73)77)54-20-8-5-9-21-54)79(59-40-36-51(2)37-41-59)71-33-19-29-65-63-27-15-17-31-69(63)81(76(65)71)57-24-12-7-13-25-57/h5-49,71,76H,1-4H3. The first-order valence-corrected chi connectivity index (χ1v) is 28.6. The highest BCUT2D eigenvalue weighted by atomic mass is 16.5. The molecule has 0 saturated carbocycles. The second kappa shape index (κ2) is 19.9. The van der Waals surface area contributed by atoms with Crippen molar-refractivity contribution in [1.82, 2.24) is 4.57 Å². The molecule has 11 aromatic carbocycles. The molecule has 82 heavy (non-hydrogen) atoms. The van der Waals surface area contributed by atoms with Crippen LogP contribution in [0.2, 0.25) is 0 Å². The second-order valence-electron chi connectivity index (χ2n) is 22.3. The van der Waals surface area contributed by atoms with Crippen LogP contribution in [0.1, 0.15) is 27.8 Å². The molecule has 3 heterocycles. The molecule has 3 aliphatic rings. The number of ether oxygens (including phenoxy) is 1. The van der Waals surface area contributed by atoms with Gasteiger partial charge < -0.3 is 24.0 Å². The average Bonchev–Trinajstić information content (AvgIpc) is 4.24. The van der Waals surface area contributed by atoms with Crippen molar-refractivity contribution in [2.75, 3.05) is 14.7 Å². The van der Waals surface area contributed by atoms with E-state index in [4.69, 9.17) is 4.74 Å². The van der Waals surface area contributed by atoms with Gasteiger partial charge in [-0.3, -0.25) is 0 Å². The van der Waals surface area contributed by atoms with E-state index >= 15 is 0 Å². The number of anilines is 7. The zero-order valence-electron chi connectivity index (χ0n) is 46.4. The van der Waals surface area contributed by atoms with Crippen molar-refractivity contribution in [3.05, 3.63) is 301 Å². The van der Waals surface area contributed by atoms with Crippen LogP contribution >= 0.6 is 0 Å². The van der Waals surface area contributed by atoms with Gasteiger partial charge in [0, 0.05) is 62.2 Å². The van der Waals surface area contributed by atoms with Crippen molar-refractivity contribution in [1.29, 1.82) is 0 Å². The highest BCUT2D eigenvalue weighted by Gasteiger charge is 2.44. The third-order valence-corrected chi connectivity index (χ3v) is 17.2. The zero-order valence-corrected chi connectivity index (χ0v) is 46.4. The highest BCUT2D eigenvalue weighted by molar-refractivity contribution is 6.97. The lowest BCUT2D eigenvalue weighted by Gasteiger charge is -2.42. The molecular weight excluding hydrogens is 996 g/mol. The lowest BCUT2D eigenvalue weighted by atomic mass is 9.34. The summed E-state index contributed by atoms with van der Waals surface area (Å²) < 4.78 is 9.83. The van der Waals surface area contributed by atoms with Crippen LogP contribution in [-0.4, -0.2) is 23.4 Å². The zero-order chi connectivity index (χ0) is 55.0. The molecular formula is C76H59BN4O. The monoisotopic (exact) mass is 1050 g/mol. The summed E-state index contributed by atoms with van der Waals surface area (Å²) in [5.41, 5.74) is 24.6. The lowest BCUT2D eigenvalue weighted by molar-refractivity contribution is 0.487. The fourth-order valence-electron chi connectivity index (χ4n) is 13.5. The van der Waals surface area contributed by atoms with Crippen molar-refractivity contribution in [3.8, 4) is 28.3 Å². The molecule has 0 amide bonds. The maximum absolute atomic E-state index is 7.40. The maximum Gasteiger partial charge on any atom is 0.251 e. The number of aromatic nitrogens is 1. The van der Waals surface area contributed by atoms with Crippen molar-refractivity contribution < 1.29 is 4.74 Å². The minimum Gasteiger partial charge on any atom is -0.458 e. The van der Waals surface area contributed by atoms with Gasteiger partial charge in [0.1, 0.15) is 11.5 Å². The molecule has 392 valence electrons. The number of hydrogen-bond donors (Lipinski definition) is 0. The summed E-state index contributed by atoms with van der Waals surface area (Å²) in [7, 11) is 0. The number of benzene rings is 11. The summed E-state index contributed by atoms with van der Waals surface area (Å²) in [5, 5.41) is 2.43. The van der Waals surface area contributed by atoms with Gasteiger partial charge in [-0.2, -0.15) is 0 Å². The third kappa shape index (κ3) is 8.16. The summed E-state index contributed by atoms with van der Waals surface area (Å²) in [6, 6.07) is 93.4. The van der Waals surface area contributed by atoms with E-state index in [0.717, 1.165) is 67.7 Å². The van der Waals surface area contributed by atoms with Gasteiger partial charge in [-0.05, 0) is 146 Å². The van der Waals surface area contributed by atoms with E-state index in [1.54, 1.807) is 0 Å². The number of para-hydroxylation sites is 5. The smallest absolute Gasteiger partial charge is 0.251 e. The Morgan fingerprint density at radius 1 is 0.463 bits per heavy atom. The molecule has 1 aliphatic carbocycles. The van der Waals surface area contributed by atoms with Gasteiger partial charge in [-0.1, -0.05) is 204 Å². The fraction of sp³-hybridized carbons (Fsp3) is 0.0789. The van der Waals surface area contributed by atoms with E-state index in [1.807, 2.05) is 0 Å². The Kier molecular flexibility index (Phi) is 11.9. The average molecular weight is 1060 g/mol. The van der Waals surface area contributed by atoms with Gasteiger partial charge in [0.2, 0.25) is 0 Å². The number of aryl methyl sites for hydroxylation is 4. The normalized spacial score (nSPS) is 14.9. The maximum atomic E-state index is 7.40. The molecule has 5 nitrogen and oxygen atoms in total. The molecule has 0 fully saturated rings. The topological polar surface area (TPSA) is 23.9 Å². The lowest BCUT2D eigenvalue weighted by Crippen LogP contribution is -2.56. The van der Waals surface area contributed by atoms with Gasteiger partial charge >= 0.3 is 0 Å². The molecule has 0 saturated heterocycles. The van der Waals surface area contributed by atoms with Gasteiger partial charge in [-0.25, -0.2) is 0 Å². The number of fused-ring (bicyclic) bond motifs is 8. The number of nitrogens with zero attached hydrogens (tertiary/aromatic N) is 4. The Bertz CT molecular complexity index is 4490. The Morgan fingerprint density at radius 3 is 1.85 bits per heavy atom. The predicted octanol–water partition coefficient (Wildman–Crippen LogP) is 17.5. The molecule has 0 spiro atoms. The van der Waals surface area contributed by atoms with E-state index in [-0.39, 0.29) is 18.8 Å². The van der Waals surface area contributed by atoms with E-state index in [9.17, 15) is 0 Å². The molecule has 1 aromatic heterocycles. The first-order chi connectivity index (χ1) is 40.3. The number of allylic oxidation sites excluding steroid dienone is 2. The Hall–Kier alpha value is -10.0. The summed E-state index contributed by atoms with van der Waals surface area (Å²) >= 11 is 0. The molecule has 0 bridgehead atoms. The van der Waals surface area contributed by atoms with E-state index in [0.29, 0.717) is 0 Å². The Labute approximate surface area is 480 Å². The first kappa shape index (κ1) is 49.0. The van der Waals surface area contributed by atoms with Crippen LogP contribution in [0.25, 0.3) is 44.2 Å². The van der Waals surface area contributed by atoms with Crippen LogP contribution < -0.4 is 35.8 Å². The predicted molar refractivity (Wildman–Crippen MR) is 346 cm³/mol. The van der Waals surface area contributed by atoms with Crippen molar-refractivity contribution in [2.24, 2.45) is 0 Å². The van der Waals surface area contributed by atoms with E-state index < -0.39 is 0 Å². The van der Waals surface area contributed by atoms with Gasteiger partial charge in [0.15, 0.2) is 0 Å². The fourth-order valence-corrected chi connectivity index (χ4v) is 13.5. The van der Waals surface area contributed by atoms with Crippen LogP contribution in [-0.2, 0) is 0 Å². The van der Waals surface area contributed by atoms with E-state index in [2.05, 4.69) is 320 Å². The second-order valence-corrected chi connectivity index (χ2v) is 22.3. The van der Waals surface area contributed by atoms with Gasteiger partial charge in [0.25, 0.3) is 6.71 Å². The summed E-state index contributed by atoms with van der Waals surface area (Å²) in [5.74, 6) is 1.73. The molecule has 6 heteroatoms. The van der Waals surface area contributed by atoms with Crippen LogP contribution in [0.4, 0.5) is 39.8 Å². The van der Waals surface area contributed by atoms with Crippen molar-refractivity contribution >= 4 is 90.3 Å². The van der Waals surface area contributed by atoms with E-state index in [1.165, 1.54) is 72.0 Å². The molecule has 2 atom stereocenters.